The summed E-state index contributed by atoms with van der Waals surface area (Å²) in [6.45, 7) is 4.32. The third-order valence-electron chi connectivity index (χ3n) is 3.58. The Bertz CT molecular complexity index is 773. The Morgan fingerprint density at radius 2 is 1.86 bits per heavy atom. The Kier molecular flexibility index (Phi) is 3.60. The molecular weight excluding hydrogens is 282 g/mol. The summed E-state index contributed by atoms with van der Waals surface area (Å²) in [5.74, 6) is 1.05. The highest BCUT2D eigenvalue weighted by Gasteiger charge is 2.14. The van der Waals surface area contributed by atoms with Crippen LogP contribution < -0.4 is 5.73 Å². The molecule has 2 aromatic carbocycles. The Balaban J connectivity index is 2.08. The van der Waals surface area contributed by atoms with Crippen molar-refractivity contribution in [2.45, 2.75) is 26.3 Å². The monoisotopic (exact) mass is 299 g/mol. The maximum atomic E-state index is 6.13. The van der Waals surface area contributed by atoms with Crippen LogP contribution in [-0.4, -0.2) is 9.55 Å². The molecule has 1 aromatic heterocycles. The summed E-state index contributed by atoms with van der Waals surface area (Å²) < 4.78 is 2.25. The molecule has 0 radical (unpaired) electrons. The lowest BCUT2D eigenvalue weighted by atomic mass is 10.1. The van der Waals surface area contributed by atoms with Crippen molar-refractivity contribution < 1.29 is 0 Å². The Morgan fingerprint density at radius 3 is 2.52 bits per heavy atom. The molecule has 108 valence electrons. The first-order valence-corrected chi connectivity index (χ1v) is 7.43. The van der Waals surface area contributed by atoms with Crippen LogP contribution in [0.3, 0.4) is 0 Å². The molecule has 3 rings (SSSR count). The summed E-state index contributed by atoms with van der Waals surface area (Å²) in [6.07, 6.45) is 0.782. The minimum Gasteiger partial charge on any atom is -0.399 e. The molecule has 0 amide bonds. The fourth-order valence-electron chi connectivity index (χ4n) is 2.64. The number of halogens is 1. The van der Waals surface area contributed by atoms with E-state index in [1.165, 1.54) is 5.56 Å². The first-order valence-electron chi connectivity index (χ1n) is 7.05. The number of nitrogens with zero attached hydrogens (tertiary/aromatic N) is 2. The van der Waals surface area contributed by atoms with E-state index in [2.05, 4.69) is 18.4 Å². The van der Waals surface area contributed by atoms with Crippen molar-refractivity contribution in [2.24, 2.45) is 0 Å². The van der Waals surface area contributed by atoms with Gasteiger partial charge in [0.1, 0.15) is 5.82 Å². The summed E-state index contributed by atoms with van der Waals surface area (Å²) in [6, 6.07) is 14.1. The van der Waals surface area contributed by atoms with Crippen LogP contribution in [0.15, 0.2) is 42.5 Å². The zero-order valence-corrected chi connectivity index (χ0v) is 12.9. The molecule has 0 atom stereocenters. The van der Waals surface area contributed by atoms with Gasteiger partial charge in [-0.2, -0.15) is 0 Å². The van der Waals surface area contributed by atoms with Gasteiger partial charge in [0, 0.05) is 23.2 Å². The molecule has 0 aliphatic carbocycles. The van der Waals surface area contributed by atoms with Crippen LogP contribution in [-0.2, 0) is 6.42 Å². The molecule has 21 heavy (non-hydrogen) atoms. The van der Waals surface area contributed by atoms with Gasteiger partial charge >= 0.3 is 0 Å². The van der Waals surface area contributed by atoms with Crippen LogP contribution in [0.5, 0.6) is 0 Å². The zero-order valence-electron chi connectivity index (χ0n) is 12.2. The van der Waals surface area contributed by atoms with Crippen LogP contribution in [0.1, 0.15) is 31.3 Å². The molecule has 0 bridgehead atoms. The van der Waals surface area contributed by atoms with Gasteiger partial charge in [-0.15, -0.1) is 0 Å². The molecule has 2 N–H and O–H groups in total. The van der Waals surface area contributed by atoms with Crippen molar-refractivity contribution in [1.29, 1.82) is 0 Å². The van der Waals surface area contributed by atoms with Crippen molar-refractivity contribution >= 4 is 28.3 Å². The molecule has 0 aliphatic rings. The standard InChI is InChI=1S/C17H18ClN3/c1-11(2)21-16-10-13(18)5-8-15(16)20-17(21)9-12-3-6-14(19)7-4-12/h3-8,10-11H,9,19H2,1-2H3. The lowest BCUT2D eigenvalue weighted by Crippen LogP contribution is -2.07. The Labute approximate surface area is 129 Å². The van der Waals surface area contributed by atoms with Gasteiger partial charge in [0.15, 0.2) is 0 Å². The van der Waals surface area contributed by atoms with E-state index in [0.717, 1.165) is 34.0 Å². The summed E-state index contributed by atoms with van der Waals surface area (Å²) in [7, 11) is 0. The first-order chi connectivity index (χ1) is 10.0. The maximum Gasteiger partial charge on any atom is 0.114 e. The van der Waals surface area contributed by atoms with E-state index in [-0.39, 0.29) is 0 Å². The fraction of sp³-hybridized carbons (Fsp3) is 0.235. The number of hydrogen-bond acceptors (Lipinski definition) is 2. The fourth-order valence-corrected chi connectivity index (χ4v) is 2.80. The summed E-state index contributed by atoms with van der Waals surface area (Å²) in [4.78, 5) is 4.77. The predicted molar refractivity (Wildman–Crippen MR) is 88.8 cm³/mol. The number of fused-ring (bicyclic) bond motifs is 1. The third kappa shape index (κ3) is 2.74. The van der Waals surface area contributed by atoms with E-state index >= 15 is 0 Å². The minimum absolute atomic E-state index is 0.331. The van der Waals surface area contributed by atoms with E-state index in [1.807, 2.05) is 42.5 Å². The Morgan fingerprint density at radius 1 is 1.14 bits per heavy atom. The van der Waals surface area contributed by atoms with Crippen LogP contribution >= 0.6 is 11.6 Å². The van der Waals surface area contributed by atoms with E-state index in [9.17, 15) is 0 Å². The first kappa shape index (κ1) is 14.0. The molecule has 0 spiro atoms. The van der Waals surface area contributed by atoms with Gasteiger partial charge in [0.25, 0.3) is 0 Å². The second kappa shape index (κ2) is 5.41. The minimum atomic E-state index is 0.331. The topological polar surface area (TPSA) is 43.8 Å². The summed E-state index contributed by atoms with van der Waals surface area (Å²) in [5, 5.41) is 0.739. The van der Waals surface area contributed by atoms with Gasteiger partial charge in [-0.05, 0) is 49.7 Å². The number of anilines is 1. The predicted octanol–water partition coefficient (Wildman–Crippen LogP) is 4.44. The highest BCUT2D eigenvalue weighted by atomic mass is 35.5. The van der Waals surface area contributed by atoms with Gasteiger partial charge in [-0.3, -0.25) is 0 Å². The lowest BCUT2D eigenvalue weighted by molar-refractivity contribution is 0.591. The number of nitrogens with two attached hydrogens (primary N) is 1. The average Bonchev–Trinajstić information content (AvgIpc) is 2.78. The number of hydrogen-bond donors (Lipinski definition) is 1. The van der Waals surface area contributed by atoms with Crippen molar-refractivity contribution in [3.05, 3.63) is 58.9 Å². The second-order valence-electron chi connectivity index (χ2n) is 5.54. The summed E-state index contributed by atoms with van der Waals surface area (Å²) in [5.41, 5.74) is 9.79. The maximum absolute atomic E-state index is 6.13. The van der Waals surface area contributed by atoms with Gasteiger partial charge < -0.3 is 10.3 Å². The molecule has 0 saturated carbocycles. The van der Waals surface area contributed by atoms with E-state index in [1.54, 1.807) is 0 Å². The molecule has 4 heteroatoms. The molecule has 3 aromatic rings. The van der Waals surface area contributed by atoms with E-state index < -0.39 is 0 Å². The lowest BCUT2D eigenvalue weighted by Gasteiger charge is -2.13. The van der Waals surface area contributed by atoms with Crippen LogP contribution in [0.4, 0.5) is 5.69 Å². The van der Waals surface area contributed by atoms with E-state index in [4.69, 9.17) is 22.3 Å². The van der Waals surface area contributed by atoms with Gasteiger partial charge in [-0.25, -0.2) is 4.98 Å². The highest BCUT2D eigenvalue weighted by Crippen LogP contribution is 2.25. The number of rotatable bonds is 3. The smallest absolute Gasteiger partial charge is 0.114 e. The highest BCUT2D eigenvalue weighted by molar-refractivity contribution is 6.31. The number of imidazole rings is 1. The van der Waals surface area contributed by atoms with E-state index in [0.29, 0.717) is 6.04 Å². The van der Waals surface area contributed by atoms with Crippen molar-refractivity contribution in [1.82, 2.24) is 9.55 Å². The average molecular weight is 300 g/mol. The molecule has 0 fully saturated rings. The van der Waals surface area contributed by atoms with Gasteiger partial charge in [0.05, 0.1) is 11.0 Å². The normalized spacial score (nSPS) is 11.4. The third-order valence-corrected chi connectivity index (χ3v) is 3.82. The van der Waals surface area contributed by atoms with Crippen molar-refractivity contribution in [3.63, 3.8) is 0 Å². The van der Waals surface area contributed by atoms with Crippen molar-refractivity contribution in [2.75, 3.05) is 5.73 Å². The molecular formula is C17H18ClN3. The molecule has 0 aliphatic heterocycles. The number of benzene rings is 2. The van der Waals surface area contributed by atoms with Gasteiger partial charge in [0.2, 0.25) is 0 Å². The van der Waals surface area contributed by atoms with Crippen LogP contribution in [0, 0.1) is 0 Å². The van der Waals surface area contributed by atoms with Crippen LogP contribution in [0.25, 0.3) is 11.0 Å². The Hall–Kier alpha value is -2.00. The zero-order chi connectivity index (χ0) is 15.0. The number of nitrogen functional groups attached to an aromatic ring is 1. The molecule has 0 saturated heterocycles. The largest absolute Gasteiger partial charge is 0.399 e. The number of aromatic nitrogens is 2. The van der Waals surface area contributed by atoms with Crippen molar-refractivity contribution in [3.8, 4) is 0 Å². The second-order valence-corrected chi connectivity index (χ2v) is 5.98. The quantitative estimate of drug-likeness (QED) is 0.726. The summed E-state index contributed by atoms with van der Waals surface area (Å²) >= 11 is 6.13. The molecule has 0 unspecified atom stereocenters. The van der Waals surface area contributed by atoms with Crippen LogP contribution in [0.2, 0.25) is 5.02 Å². The SMILES string of the molecule is CC(C)n1c(Cc2ccc(N)cc2)nc2ccc(Cl)cc21. The molecule has 1 heterocycles. The van der Waals surface area contributed by atoms with Gasteiger partial charge in [-0.1, -0.05) is 23.7 Å². The molecule has 3 nitrogen and oxygen atoms in total.